The van der Waals surface area contributed by atoms with Crippen LogP contribution in [0.3, 0.4) is 0 Å². The molecule has 184 valence electrons. The van der Waals surface area contributed by atoms with E-state index in [9.17, 15) is 13.2 Å². The summed E-state index contributed by atoms with van der Waals surface area (Å²) in [6.07, 6.45) is 0. The maximum absolute atomic E-state index is 13.8. The standard InChI is InChI=1S/C28H19BrN2O4S2/c29-23-11-7-10-22(18-23)27(32)35-16-5-6-17-36-28-30-25-12-3-4-13-26(25)31(28)37(33,34)24-15-14-20-8-1-2-9-21(20)19-24/h1-4,7-15,18-19H,16-17H2. The molecule has 0 fully saturated rings. The number of thioether (sulfide) groups is 1. The lowest BCUT2D eigenvalue weighted by Crippen LogP contribution is -2.14. The van der Waals surface area contributed by atoms with Crippen LogP contribution < -0.4 is 0 Å². The number of imidazole rings is 1. The molecule has 0 aliphatic rings. The Morgan fingerprint density at radius 3 is 2.54 bits per heavy atom. The summed E-state index contributed by atoms with van der Waals surface area (Å²) in [5.41, 5.74) is 1.50. The first-order chi connectivity index (χ1) is 17.9. The van der Waals surface area contributed by atoms with Gasteiger partial charge in [0, 0.05) is 4.47 Å². The smallest absolute Gasteiger partial charge is 0.339 e. The van der Waals surface area contributed by atoms with Gasteiger partial charge in [0.25, 0.3) is 10.0 Å². The fourth-order valence-electron chi connectivity index (χ4n) is 3.74. The maximum atomic E-state index is 13.8. The van der Waals surface area contributed by atoms with Crippen molar-refractivity contribution >= 4 is 65.5 Å². The first kappa shape index (κ1) is 25.1. The van der Waals surface area contributed by atoms with Gasteiger partial charge in [0.15, 0.2) is 11.8 Å². The van der Waals surface area contributed by atoms with E-state index in [1.807, 2.05) is 36.4 Å². The van der Waals surface area contributed by atoms with Crippen LogP contribution in [-0.4, -0.2) is 35.7 Å². The molecule has 0 radical (unpaired) electrons. The lowest BCUT2D eigenvalue weighted by molar-refractivity contribution is 0.0556. The van der Waals surface area contributed by atoms with Crippen LogP contribution in [0.5, 0.6) is 0 Å². The molecule has 1 heterocycles. The molecule has 4 aromatic carbocycles. The molecule has 0 aliphatic heterocycles. The van der Waals surface area contributed by atoms with Gasteiger partial charge in [-0.2, -0.15) is 0 Å². The van der Waals surface area contributed by atoms with E-state index >= 15 is 0 Å². The van der Waals surface area contributed by atoms with Gasteiger partial charge in [-0.15, -0.1) is 0 Å². The van der Waals surface area contributed by atoms with Gasteiger partial charge in [0.05, 0.1) is 27.2 Å². The van der Waals surface area contributed by atoms with Gasteiger partial charge >= 0.3 is 5.97 Å². The molecule has 5 rings (SSSR count). The van der Waals surface area contributed by atoms with E-state index in [-0.39, 0.29) is 17.3 Å². The lowest BCUT2D eigenvalue weighted by atomic mass is 10.1. The molecule has 0 spiro atoms. The number of nitrogens with zero attached hydrogens (tertiary/aromatic N) is 2. The van der Waals surface area contributed by atoms with Crippen molar-refractivity contribution < 1.29 is 17.9 Å². The number of aromatic nitrogens is 2. The van der Waals surface area contributed by atoms with Gasteiger partial charge in [-0.05, 0) is 53.2 Å². The van der Waals surface area contributed by atoms with Gasteiger partial charge in [-0.1, -0.05) is 88.1 Å². The van der Waals surface area contributed by atoms with Crippen LogP contribution in [0.15, 0.2) is 106 Å². The summed E-state index contributed by atoms with van der Waals surface area (Å²) in [6, 6.07) is 26.7. The second kappa shape index (κ2) is 10.8. The molecule has 5 aromatic rings. The normalized spacial score (nSPS) is 11.3. The van der Waals surface area contributed by atoms with E-state index in [2.05, 4.69) is 32.8 Å². The van der Waals surface area contributed by atoms with Crippen molar-refractivity contribution in [3.8, 4) is 11.8 Å². The molecule has 0 saturated heterocycles. The highest BCUT2D eigenvalue weighted by Gasteiger charge is 2.24. The predicted molar refractivity (Wildman–Crippen MR) is 149 cm³/mol. The Labute approximate surface area is 226 Å². The Hall–Kier alpha value is -3.58. The van der Waals surface area contributed by atoms with Crippen molar-refractivity contribution in [2.24, 2.45) is 0 Å². The average molecular weight is 592 g/mol. The first-order valence-corrected chi connectivity index (χ1v) is 14.4. The third-order valence-electron chi connectivity index (χ3n) is 5.48. The van der Waals surface area contributed by atoms with Crippen LogP contribution in [0.1, 0.15) is 10.4 Å². The Balaban J connectivity index is 1.35. The molecule has 6 nitrogen and oxygen atoms in total. The minimum Gasteiger partial charge on any atom is -0.449 e. The van der Waals surface area contributed by atoms with Crippen molar-refractivity contribution in [3.05, 3.63) is 101 Å². The molecular formula is C28H19BrN2O4S2. The fraction of sp³-hybridized carbons (Fsp3) is 0.0714. The number of fused-ring (bicyclic) bond motifs is 2. The summed E-state index contributed by atoms with van der Waals surface area (Å²) in [4.78, 5) is 16.9. The molecule has 37 heavy (non-hydrogen) atoms. The number of rotatable bonds is 6. The zero-order valence-electron chi connectivity index (χ0n) is 19.3. The largest absolute Gasteiger partial charge is 0.449 e. The topological polar surface area (TPSA) is 78.3 Å². The van der Waals surface area contributed by atoms with Crippen molar-refractivity contribution in [1.82, 2.24) is 8.96 Å². The minimum absolute atomic E-state index is 0.0717. The molecule has 0 saturated carbocycles. The Morgan fingerprint density at radius 2 is 1.70 bits per heavy atom. The minimum atomic E-state index is -3.93. The van der Waals surface area contributed by atoms with Crippen LogP contribution in [0, 0.1) is 11.8 Å². The Morgan fingerprint density at radius 1 is 0.919 bits per heavy atom. The van der Waals surface area contributed by atoms with Crippen LogP contribution >= 0.6 is 27.7 Å². The van der Waals surface area contributed by atoms with Gasteiger partial charge in [0.2, 0.25) is 0 Å². The number of hydrogen-bond donors (Lipinski definition) is 0. The van der Waals surface area contributed by atoms with Gasteiger partial charge in [-0.3, -0.25) is 0 Å². The van der Waals surface area contributed by atoms with E-state index in [0.29, 0.717) is 21.8 Å². The Kier molecular flexibility index (Phi) is 7.33. The van der Waals surface area contributed by atoms with Crippen molar-refractivity contribution in [3.63, 3.8) is 0 Å². The predicted octanol–water partition coefficient (Wildman–Crippen LogP) is 6.14. The molecule has 9 heteroatoms. The number of halogens is 1. The summed E-state index contributed by atoms with van der Waals surface area (Å²) < 4.78 is 34.8. The maximum Gasteiger partial charge on any atom is 0.339 e. The summed E-state index contributed by atoms with van der Waals surface area (Å²) in [5.74, 6) is 5.52. The van der Waals surface area contributed by atoms with Crippen LogP contribution in [0.2, 0.25) is 0 Å². The molecule has 0 aliphatic carbocycles. The monoisotopic (exact) mass is 590 g/mol. The third kappa shape index (κ3) is 5.42. The van der Waals surface area contributed by atoms with E-state index in [1.165, 1.54) is 15.7 Å². The molecular weight excluding hydrogens is 572 g/mol. The molecule has 0 amide bonds. The van der Waals surface area contributed by atoms with Crippen LogP contribution in [0.4, 0.5) is 0 Å². The number of ether oxygens (including phenoxy) is 1. The molecule has 0 bridgehead atoms. The summed E-state index contributed by atoms with van der Waals surface area (Å²) in [6.45, 7) is -0.0717. The molecule has 0 N–H and O–H groups in total. The zero-order valence-corrected chi connectivity index (χ0v) is 22.5. The summed E-state index contributed by atoms with van der Waals surface area (Å²) >= 11 is 4.53. The lowest BCUT2D eigenvalue weighted by Gasteiger charge is -2.10. The SMILES string of the molecule is O=C(OCC#CCSc1nc2ccccc2n1S(=O)(=O)c1ccc2ccccc2c1)c1cccc(Br)c1. The average Bonchev–Trinajstić information content (AvgIpc) is 3.29. The fourth-order valence-corrected chi connectivity index (χ4v) is 6.66. The van der Waals surface area contributed by atoms with Crippen LogP contribution in [0.25, 0.3) is 21.8 Å². The van der Waals surface area contributed by atoms with Gasteiger partial charge in [0.1, 0.15) is 0 Å². The number of hydrogen-bond acceptors (Lipinski definition) is 6. The van der Waals surface area contributed by atoms with E-state index < -0.39 is 16.0 Å². The van der Waals surface area contributed by atoms with Gasteiger partial charge < -0.3 is 4.74 Å². The Bertz CT molecular complexity index is 1800. The zero-order chi connectivity index (χ0) is 25.8. The highest BCUT2D eigenvalue weighted by molar-refractivity contribution is 9.10. The van der Waals surface area contributed by atoms with Crippen molar-refractivity contribution in [1.29, 1.82) is 0 Å². The number of carbonyl (C=O) groups excluding carboxylic acids is 1. The third-order valence-corrected chi connectivity index (χ3v) is 8.61. The van der Waals surface area contributed by atoms with Gasteiger partial charge in [-0.25, -0.2) is 22.2 Å². The second-order valence-electron chi connectivity index (χ2n) is 7.89. The quantitative estimate of drug-likeness (QED) is 0.134. The molecule has 1 aromatic heterocycles. The molecule has 0 unspecified atom stereocenters. The summed E-state index contributed by atoms with van der Waals surface area (Å²) in [5, 5.41) is 2.11. The van der Waals surface area contributed by atoms with Crippen LogP contribution in [-0.2, 0) is 14.8 Å². The number of esters is 1. The first-order valence-electron chi connectivity index (χ1n) is 11.2. The van der Waals surface area contributed by atoms with E-state index in [0.717, 1.165) is 15.2 Å². The number of benzene rings is 4. The summed E-state index contributed by atoms with van der Waals surface area (Å²) in [7, 11) is -3.93. The molecule has 0 atom stereocenters. The van der Waals surface area contributed by atoms with Crippen molar-refractivity contribution in [2.45, 2.75) is 10.1 Å². The second-order valence-corrected chi connectivity index (χ2v) is 11.5. The number of carbonyl (C=O) groups is 1. The van der Waals surface area contributed by atoms with Crippen molar-refractivity contribution in [2.75, 3.05) is 12.4 Å². The number of para-hydroxylation sites is 2. The van der Waals surface area contributed by atoms with E-state index in [1.54, 1.807) is 54.6 Å². The highest BCUT2D eigenvalue weighted by atomic mass is 79.9. The highest BCUT2D eigenvalue weighted by Crippen LogP contribution is 2.30. The van der Waals surface area contributed by atoms with E-state index in [4.69, 9.17) is 4.74 Å².